The molecule has 2 heteroatoms. The molecule has 4 rings (SSSR count). The molecule has 0 N–H and O–H groups in total. The number of fused-ring (bicyclic) bond motifs is 5. The minimum absolute atomic E-state index is 0.00707. The van der Waals surface area contributed by atoms with Gasteiger partial charge in [-0.3, -0.25) is 9.59 Å². The quantitative estimate of drug-likeness (QED) is 0.674. The first-order valence-corrected chi connectivity index (χ1v) is 8.36. The topological polar surface area (TPSA) is 34.1 Å². The number of Topliss-reactive ketones (excluding diaryl/α,β-unsaturated/α-hetero) is 1. The van der Waals surface area contributed by atoms with Crippen LogP contribution in [0.25, 0.3) is 0 Å². The lowest BCUT2D eigenvalue weighted by molar-refractivity contribution is -0.131. The lowest BCUT2D eigenvalue weighted by Gasteiger charge is -2.52. The van der Waals surface area contributed by atoms with Gasteiger partial charge >= 0.3 is 0 Å². The number of rotatable bonds is 0. The van der Waals surface area contributed by atoms with E-state index in [0.29, 0.717) is 23.4 Å². The fourth-order valence-electron chi connectivity index (χ4n) is 5.95. The predicted octanol–water partition coefficient (Wildman–Crippen LogP) is 3.70. The van der Waals surface area contributed by atoms with Gasteiger partial charge in [-0.15, -0.1) is 0 Å². The number of carbonyl (C=O) groups excluding carboxylic acids is 2. The van der Waals surface area contributed by atoms with Gasteiger partial charge in [-0.1, -0.05) is 12.5 Å². The number of allylic oxidation sites excluding steroid dienone is 1. The van der Waals surface area contributed by atoms with Gasteiger partial charge in [-0.05, 0) is 68.3 Å². The maximum Gasteiger partial charge on any atom is 0.155 e. The van der Waals surface area contributed by atoms with E-state index >= 15 is 0 Å². The van der Waals surface area contributed by atoms with Crippen molar-refractivity contribution in [3.05, 3.63) is 11.6 Å². The van der Waals surface area contributed by atoms with E-state index in [1.54, 1.807) is 0 Å². The van der Waals surface area contributed by atoms with Crippen LogP contribution in [0, 0.1) is 29.1 Å². The Balaban J connectivity index is 1.65. The molecule has 4 aliphatic carbocycles. The molecule has 4 unspecified atom stereocenters. The van der Waals surface area contributed by atoms with E-state index in [4.69, 9.17) is 0 Å². The van der Waals surface area contributed by atoms with Crippen LogP contribution in [0.15, 0.2) is 11.6 Å². The summed E-state index contributed by atoms with van der Waals surface area (Å²) in [6, 6.07) is 0. The molecule has 0 aromatic rings. The van der Waals surface area contributed by atoms with Crippen LogP contribution in [-0.4, -0.2) is 11.6 Å². The van der Waals surface area contributed by atoms with E-state index in [1.165, 1.54) is 18.4 Å². The van der Waals surface area contributed by atoms with Gasteiger partial charge in [-0.2, -0.15) is 0 Å². The Bertz CT molecular complexity index is 504. The van der Waals surface area contributed by atoms with Crippen LogP contribution >= 0.6 is 0 Å². The zero-order valence-electron chi connectivity index (χ0n) is 12.4. The summed E-state index contributed by atoms with van der Waals surface area (Å²) in [5.74, 6) is 3.66. The van der Waals surface area contributed by atoms with Gasteiger partial charge in [0.05, 0.1) is 0 Å². The number of ketones is 2. The summed E-state index contributed by atoms with van der Waals surface area (Å²) in [6.07, 6.45) is 10.3. The van der Waals surface area contributed by atoms with Crippen LogP contribution in [0.1, 0.15) is 58.3 Å². The highest BCUT2D eigenvalue weighted by Crippen LogP contribution is 2.60. The van der Waals surface area contributed by atoms with E-state index in [2.05, 4.69) is 6.92 Å². The summed E-state index contributed by atoms with van der Waals surface area (Å²) in [4.78, 5) is 23.9. The summed E-state index contributed by atoms with van der Waals surface area (Å²) in [5, 5.41) is 0. The van der Waals surface area contributed by atoms with Gasteiger partial charge < -0.3 is 0 Å². The molecular formula is C18H24O2. The van der Waals surface area contributed by atoms with Crippen molar-refractivity contribution in [3.63, 3.8) is 0 Å². The van der Waals surface area contributed by atoms with E-state index in [-0.39, 0.29) is 5.41 Å². The zero-order valence-corrected chi connectivity index (χ0v) is 12.4. The molecule has 3 fully saturated rings. The fraction of sp³-hybridized carbons (Fsp3) is 0.778. The molecule has 0 aliphatic heterocycles. The van der Waals surface area contributed by atoms with Crippen LogP contribution in [0.4, 0.5) is 0 Å². The van der Waals surface area contributed by atoms with Crippen molar-refractivity contribution in [2.24, 2.45) is 29.1 Å². The molecule has 4 aliphatic rings. The average molecular weight is 272 g/mol. The Morgan fingerprint density at radius 3 is 2.70 bits per heavy atom. The molecule has 108 valence electrons. The number of hydrogen-bond acceptors (Lipinski definition) is 2. The summed E-state index contributed by atoms with van der Waals surface area (Å²) in [7, 11) is 0. The smallest absolute Gasteiger partial charge is 0.155 e. The lowest BCUT2D eigenvalue weighted by Crippen LogP contribution is -2.46. The van der Waals surface area contributed by atoms with E-state index in [0.717, 1.165) is 50.4 Å². The van der Waals surface area contributed by atoms with Gasteiger partial charge in [-0.25, -0.2) is 0 Å². The van der Waals surface area contributed by atoms with Gasteiger partial charge in [0.15, 0.2) is 5.78 Å². The van der Waals surface area contributed by atoms with Crippen molar-refractivity contribution in [2.45, 2.75) is 58.3 Å². The van der Waals surface area contributed by atoms with Crippen molar-refractivity contribution in [1.82, 2.24) is 0 Å². The first-order chi connectivity index (χ1) is 9.59. The molecular weight excluding hydrogens is 248 g/mol. The molecule has 0 aromatic heterocycles. The number of carbonyl (C=O) groups is 2. The standard InChI is InChI=1S/C18H24O2/c1-18-9-8-14-13-5-3-12(19)10-11(13)2-4-15(14)16(18)6-7-17(18)20/h10,13-16H,2-9H2,1H3/t13?,14?,15?,16?,18-/m1/s1. The minimum Gasteiger partial charge on any atom is -0.299 e. The third-order valence-corrected chi connectivity index (χ3v) is 7.01. The van der Waals surface area contributed by atoms with Crippen LogP contribution in [0.2, 0.25) is 0 Å². The molecule has 0 aromatic carbocycles. The first kappa shape index (κ1) is 12.8. The highest BCUT2D eigenvalue weighted by atomic mass is 16.1. The van der Waals surface area contributed by atoms with Gasteiger partial charge in [0.1, 0.15) is 5.78 Å². The van der Waals surface area contributed by atoms with E-state index < -0.39 is 0 Å². The Labute approximate surface area is 121 Å². The third kappa shape index (κ3) is 1.63. The molecule has 0 spiro atoms. The van der Waals surface area contributed by atoms with Crippen LogP contribution < -0.4 is 0 Å². The molecule has 0 radical (unpaired) electrons. The summed E-state index contributed by atoms with van der Waals surface area (Å²) >= 11 is 0. The molecule has 2 nitrogen and oxygen atoms in total. The Hall–Kier alpha value is -0.920. The van der Waals surface area contributed by atoms with Crippen molar-refractivity contribution < 1.29 is 9.59 Å². The van der Waals surface area contributed by atoms with Gasteiger partial charge in [0, 0.05) is 18.3 Å². The summed E-state index contributed by atoms with van der Waals surface area (Å²) < 4.78 is 0. The number of hydrogen-bond donors (Lipinski definition) is 0. The van der Waals surface area contributed by atoms with Crippen LogP contribution in [0.3, 0.4) is 0 Å². The van der Waals surface area contributed by atoms with Crippen molar-refractivity contribution in [3.8, 4) is 0 Å². The van der Waals surface area contributed by atoms with Crippen molar-refractivity contribution in [1.29, 1.82) is 0 Å². The highest BCUT2D eigenvalue weighted by Gasteiger charge is 2.55. The van der Waals surface area contributed by atoms with Crippen LogP contribution in [0.5, 0.6) is 0 Å². The van der Waals surface area contributed by atoms with Crippen LogP contribution in [-0.2, 0) is 9.59 Å². The Morgan fingerprint density at radius 1 is 1.00 bits per heavy atom. The first-order valence-electron chi connectivity index (χ1n) is 8.36. The monoisotopic (exact) mass is 272 g/mol. The van der Waals surface area contributed by atoms with Crippen molar-refractivity contribution in [2.75, 3.05) is 0 Å². The molecule has 0 saturated heterocycles. The Morgan fingerprint density at radius 2 is 1.85 bits per heavy atom. The van der Waals surface area contributed by atoms with E-state index in [9.17, 15) is 9.59 Å². The largest absolute Gasteiger partial charge is 0.299 e. The van der Waals surface area contributed by atoms with Crippen molar-refractivity contribution >= 4 is 11.6 Å². The molecule has 20 heavy (non-hydrogen) atoms. The Kier molecular flexibility index (Phi) is 2.74. The molecule has 3 saturated carbocycles. The summed E-state index contributed by atoms with van der Waals surface area (Å²) in [5.41, 5.74) is 1.43. The third-order valence-electron chi connectivity index (χ3n) is 7.01. The second-order valence-corrected chi connectivity index (χ2v) is 7.72. The minimum atomic E-state index is -0.00707. The molecule has 0 heterocycles. The molecule has 0 amide bonds. The lowest BCUT2D eigenvalue weighted by atomic mass is 9.52. The average Bonchev–Trinajstić information content (AvgIpc) is 2.74. The molecule has 5 atom stereocenters. The van der Waals surface area contributed by atoms with Gasteiger partial charge in [0.25, 0.3) is 0 Å². The molecule has 0 bridgehead atoms. The fourth-order valence-corrected chi connectivity index (χ4v) is 5.95. The SMILES string of the molecule is C[C@@]12CCC3C4CCC(=O)C=C4CCC3C1CCC2=O. The highest BCUT2D eigenvalue weighted by molar-refractivity contribution is 5.91. The zero-order chi connectivity index (χ0) is 13.9. The predicted molar refractivity (Wildman–Crippen MR) is 77.1 cm³/mol. The maximum atomic E-state index is 12.3. The summed E-state index contributed by atoms with van der Waals surface area (Å²) in [6.45, 7) is 2.24. The van der Waals surface area contributed by atoms with Gasteiger partial charge in [0.2, 0.25) is 0 Å². The maximum absolute atomic E-state index is 12.3. The normalized spacial score (nSPS) is 47.4. The van der Waals surface area contributed by atoms with E-state index in [1.807, 2.05) is 6.08 Å². The second-order valence-electron chi connectivity index (χ2n) is 7.72. The second kappa shape index (κ2) is 4.29.